The molecular formula is C15H23FN2O. The number of hydrogen-bond acceptors (Lipinski definition) is 3. The van der Waals surface area contributed by atoms with Crippen LogP contribution in [0, 0.1) is 5.82 Å². The van der Waals surface area contributed by atoms with Crippen LogP contribution in [0.1, 0.15) is 18.4 Å². The molecule has 0 amide bonds. The van der Waals surface area contributed by atoms with Crippen molar-refractivity contribution in [1.29, 1.82) is 0 Å². The molecule has 1 aliphatic heterocycles. The average Bonchev–Trinajstić information content (AvgIpc) is 2.80. The van der Waals surface area contributed by atoms with Gasteiger partial charge in [-0.05, 0) is 33.0 Å². The Kier molecular flexibility index (Phi) is 5.31. The van der Waals surface area contributed by atoms with Gasteiger partial charge in [-0.15, -0.1) is 0 Å². The molecule has 1 N–H and O–H groups in total. The lowest BCUT2D eigenvalue weighted by Crippen LogP contribution is -2.31. The summed E-state index contributed by atoms with van der Waals surface area (Å²) in [6.07, 6.45) is 2.81. The smallest absolute Gasteiger partial charge is 0.127 e. The number of rotatable bonds is 6. The van der Waals surface area contributed by atoms with Crippen molar-refractivity contribution in [3.63, 3.8) is 0 Å². The summed E-state index contributed by atoms with van der Waals surface area (Å²) in [6.45, 7) is 2.39. The third kappa shape index (κ3) is 4.27. The van der Waals surface area contributed by atoms with Crippen LogP contribution in [-0.4, -0.2) is 44.3 Å². The summed E-state index contributed by atoms with van der Waals surface area (Å²) >= 11 is 0. The number of halogens is 1. The Labute approximate surface area is 114 Å². The van der Waals surface area contributed by atoms with Crippen molar-refractivity contribution in [2.24, 2.45) is 0 Å². The lowest BCUT2D eigenvalue weighted by Gasteiger charge is -2.21. The van der Waals surface area contributed by atoms with Crippen molar-refractivity contribution < 1.29 is 9.13 Å². The summed E-state index contributed by atoms with van der Waals surface area (Å²) in [7, 11) is 3.96. The first-order valence-electron chi connectivity index (χ1n) is 6.91. The van der Waals surface area contributed by atoms with E-state index in [4.69, 9.17) is 4.74 Å². The zero-order valence-corrected chi connectivity index (χ0v) is 11.7. The van der Waals surface area contributed by atoms with E-state index in [2.05, 4.69) is 10.2 Å². The highest BCUT2D eigenvalue weighted by atomic mass is 19.1. The van der Waals surface area contributed by atoms with Crippen LogP contribution in [0.4, 0.5) is 4.39 Å². The second-order valence-electron chi connectivity index (χ2n) is 5.30. The lowest BCUT2D eigenvalue weighted by molar-refractivity contribution is 0.0274. The number of hydrogen-bond donors (Lipinski definition) is 1. The molecule has 2 unspecified atom stereocenters. The largest absolute Gasteiger partial charge is 0.372 e. The summed E-state index contributed by atoms with van der Waals surface area (Å²) in [4.78, 5) is 2.13. The molecule has 0 spiro atoms. The molecule has 0 bridgehead atoms. The standard InChI is InChI=1S/C15H23FN2O/c1-17-9-13-7-8-14(19-13)11-18(2)10-12-5-3-4-6-15(12)16/h3-6,13-14,17H,7-11H2,1-2H3. The van der Waals surface area contributed by atoms with Crippen LogP contribution in [0.15, 0.2) is 24.3 Å². The Morgan fingerprint density at radius 2 is 2.05 bits per heavy atom. The predicted molar refractivity (Wildman–Crippen MR) is 74.6 cm³/mol. The molecule has 106 valence electrons. The van der Waals surface area contributed by atoms with Gasteiger partial charge in [0.15, 0.2) is 0 Å². The number of nitrogens with one attached hydrogen (secondary N) is 1. The second kappa shape index (κ2) is 6.98. The zero-order valence-electron chi connectivity index (χ0n) is 11.7. The van der Waals surface area contributed by atoms with Gasteiger partial charge < -0.3 is 10.1 Å². The van der Waals surface area contributed by atoms with E-state index in [-0.39, 0.29) is 11.9 Å². The van der Waals surface area contributed by atoms with E-state index in [1.54, 1.807) is 6.07 Å². The maximum atomic E-state index is 13.6. The molecule has 2 atom stereocenters. The van der Waals surface area contributed by atoms with Gasteiger partial charge in [0.05, 0.1) is 12.2 Å². The van der Waals surface area contributed by atoms with Crippen molar-refractivity contribution in [1.82, 2.24) is 10.2 Å². The fourth-order valence-electron chi connectivity index (χ4n) is 2.62. The molecule has 2 rings (SSSR count). The van der Waals surface area contributed by atoms with Crippen molar-refractivity contribution in [2.75, 3.05) is 27.2 Å². The number of likely N-dealkylation sites (N-methyl/N-ethyl adjacent to an activating group) is 2. The second-order valence-corrected chi connectivity index (χ2v) is 5.30. The van der Waals surface area contributed by atoms with Crippen molar-refractivity contribution >= 4 is 0 Å². The van der Waals surface area contributed by atoms with Gasteiger partial charge in [0.25, 0.3) is 0 Å². The Morgan fingerprint density at radius 3 is 2.79 bits per heavy atom. The van der Waals surface area contributed by atoms with Crippen LogP contribution in [0.5, 0.6) is 0 Å². The average molecular weight is 266 g/mol. The van der Waals surface area contributed by atoms with Crippen LogP contribution in [0.3, 0.4) is 0 Å². The van der Waals surface area contributed by atoms with Crippen molar-refractivity contribution in [3.05, 3.63) is 35.6 Å². The van der Waals surface area contributed by atoms with Crippen molar-refractivity contribution in [3.8, 4) is 0 Å². The Morgan fingerprint density at radius 1 is 1.32 bits per heavy atom. The van der Waals surface area contributed by atoms with Crippen LogP contribution in [0.2, 0.25) is 0 Å². The highest BCUT2D eigenvalue weighted by molar-refractivity contribution is 5.16. The highest BCUT2D eigenvalue weighted by Crippen LogP contribution is 2.20. The monoisotopic (exact) mass is 266 g/mol. The third-order valence-corrected chi connectivity index (χ3v) is 3.54. The predicted octanol–water partition coefficient (Wildman–Crippen LogP) is 2.02. The maximum absolute atomic E-state index is 13.6. The molecule has 0 saturated carbocycles. The lowest BCUT2D eigenvalue weighted by atomic mass is 10.1. The third-order valence-electron chi connectivity index (χ3n) is 3.54. The maximum Gasteiger partial charge on any atom is 0.127 e. The van der Waals surface area contributed by atoms with Gasteiger partial charge in [0.2, 0.25) is 0 Å². The molecular weight excluding hydrogens is 243 g/mol. The SMILES string of the molecule is CNCC1CCC(CN(C)Cc2ccccc2F)O1. The summed E-state index contributed by atoms with van der Waals surface area (Å²) in [6, 6.07) is 6.95. The van der Waals surface area contributed by atoms with E-state index in [9.17, 15) is 4.39 Å². The van der Waals surface area contributed by atoms with Gasteiger partial charge in [-0.1, -0.05) is 18.2 Å². The minimum absolute atomic E-state index is 0.130. The number of benzene rings is 1. The van der Waals surface area contributed by atoms with Crippen LogP contribution >= 0.6 is 0 Å². The van der Waals surface area contributed by atoms with Gasteiger partial charge in [-0.2, -0.15) is 0 Å². The van der Waals surface area contributed by atoms with Gasteiger partial charge >= 0.3 is 0 Å². The first-order valence-corrected chi connectivity index (χ1v) is 6.91. The van der Waals surface area contributed by atoms with Gasteiger partial charge in [0, 0.05) is 25.2 Å². The van der Waals surface area contributed by atoms with Crippen LogP contribution < -0.4 is 5.32 Å². The molecule has 1 fully saturated rings. The Bertz CT molecular complexity index is 399. The molecule has 19 heavy (non-hydrogen) atoms. The molecule has 1 heterocycles. The summed E-state index contributed by atoms with van der Waals surface area (Å²) in [5.74, 6) is -0.130. The Balaban J connectivity index is 1.79. The fourth-order valence-corrected chi connectivity index (χ4v) is 2.62. The first kappa shape index (κ1) is 14.4. The minimum Gasteiger partial charge on any atom is -0.372 e. The first-order chi connectivity index (χ1) is 9.19. The molecule has 0 radical (unpaired) electrons. The summed E-state index contributed by atoms with van der Waals surface area (Å²) in [5.41, 5.74) is 0.745. The number of nitrogens with zero attached hydrogens (tertiary/aromatic N) is 1. The minimum atomic E-state index is -0.130. The summed E-state index contributed by atoms with van der Waals surface area (Å²) in [5, 5.41) is 3.14. The molecule has 1 aromatic carbocycles. The molecule has 4 heteroatoms. The van der Waals surface area contributed by atoms with E-state index in [0.29, 0.717) is 12.6 Å². The molecule has 0 aliphatic carbocycles. The van der Waals surface area contributed by atoms with E-state index in [1.165, 1.54) is 6.07 Å². The van der Waals surface area contributed by atoms with E-state index < -0.39 is 0 Å². The van der Waals surface area contributed by atoms with Gasteiger partial charge in [-0.3, -0.25) is 4.90 Å². The highest BCUT2D eigenvalue weighted by Gasteiger charge is 2.25. The fraction of sp³-hybridized carbons (Fsp3) is 0.600. The van der Waals surface area contributed by atoms with Crippen LogP contribution in [-0.2, 0) is 11.3 Å². The van der Waals surface area contributed by atoms with Crippen molar-refractivity contribution in [2.45, 2.75) is 31.6 Å². The van der Waals surface area contributed by atoms with E-state index in [1.807, 2.05) is 26.2 Å². The topological polar surface area (TPSA) is 24.5 Å². The molecule has 1 aliphatic rings. The summed E-state index contributed by atoms with van der Waals surface area (Å²) < 4.78 is 19.5. The molecule has 3 nitrogen and oxygen atoms in total. The van der Waals surface area contributed by atoms with Gasteiger partial charge in [0.1, 0.15) is 5.82 Å². The van der Waals surface area contributed by atoms with E-state index in [0.717, 1.165) is 31.5 Å². The molecule has 1 saturated heterocycles. The quantitative estimate of drug-likeness (QED) is 0.852. The normalized spacial score (nSPS) is 23.2. The van der Waals surface area contributed by atoms with Crippen LogP contribution in [0.25, 0.3) is 0 Å². The van der Waals surface area contributed by atoms with Gasteiger partial charge in [-0.25, -0.2) is 4.39 Å². The molecule has 0 aromatic heterocycles. The number of ether oxygens (including phenoxy) is 1. The Hall–Kier alpha value is -0.970. The zero-order chi connectivity index (χ0) is 13.7. The van der Waals surface area contributed by atoms with E-state index >= 15 is 0 Å². The molecule has 1 aromatic rings.